The van der Waals surface area contributed by atoms with Crippen molar-refractivity contribution in [3.05, 3.63) is 35.6 Å². The van der Waals surface area contributed by atoms with Gasteiger partial charge in [-0.3, -0.25) is 4.79 Å². The van der Waals surface area contributed by atoms with Crippen LogP contribution >= 0.6 is 0 Å². The normalized spacial score (nSPS) is 10.6. The Morgan fingerprint density at radius 3 is 2.68 bits per heavy atom. The van der Waals surface area contributed by atoms with E-state index in [1.807, 2.05) is 0 Å². The number of hydrogen-bond donors (Lipinski definition) is 3. The molecule has 0 spiro atoms. The molecule has 6 nitrogen and oxygen atoms in total. The van der Waals surface area contributed by atoms with Crippen LogP contribution in [0.1, 0.15) is 12.0 Å². The largest absolute Gasteiger partial charge is 0.481 e. The topological polar surface area (TPSA) is 107 Å². The van der Waals surface area contributed by atoms with Gasteiger partial charge in [-0.1, -0.05) is 12.1 Å². The van der Waals surface area contributed by atoms with E-state index in [-0.39, 0.29) is 30.2 Å². The molecule has 0 radical (unpaired) electrons. The van der Waals surface area contributed by atoms with E-state index in [9.17, 15) is 9.18 Å². The maximum atomic E-state index is 13.7. The van der Waals surface area contributed by atoms with Crippen molar-refractivity contribution >= 4 is 17.6 Å². The predicted molar refractivity (Wildman–Crippen MR) is 68.3 cm³/mol. The highest BCUT2D eigenvalue weighted by atomic mass is 19.1. The minimum absolute atomic E-state index is 0.113. The second-order valence-electron chi connectivity index (χ2n) is 4.01. The van der Waals surface area contributed by atoms with Gasteiger partial charge in [-0.05, 0) is 18.6 Å². The monoisotopic (exact) mass is 264 g/mol. The minimum Gasteiger partial charge on any atom is -0.481 e. The predicted octanol–water partition coefficient (Wildman–Crippen LogP) is 1.19. The zero-order valence-electron chi connectivity index (χ0n) is 10.0. The van der Waals surface area contributed by atoms with Crippen LogP contribution in [-0.4, -0.2) is 20.9 Å². The van der Waals surface area contributed by atoms with Crippen molar-refractivity contribution in [2.24, 2.45) is 0 Å². The Morgan fingerprint density at radius 1 is 1.37 bits per heavy atom. The number of halogens is 1. The van der Waals surface area contributed by atoms with Gasteiger partial charge < -0.3 is 16.6 Å². The molecule has 0 amide bonds. The van der Waals surface area contributed by atoms with Gasteiger partial charge in [-0.25, -0.2) is 9.07 Å². The van der Waals surface area contributed by atoms with E-state index in [4.69, 9.17) is 16.6 Å². The van der Waals surface area contributed by atoms with Crippen LogP contribution in [0.3, 0.4) is 0 Å². The fourth-order valence-electron chi connectivity index (χ4n) is 1.78. The summed E-state index contributed by atoms with van der Waals surface area (Å²) in [5.74, 6) is -1.18. The average molecular weight is 264 g/mol. The van der Waals surface area contributed by atoms with Crippen molar-refractivity contribution in [1.29, 1.82) is 0 Å². The van der Waals surface area contributed by atoms with E-state index in [0.717, 1.165) is 0 Å². The first-order valence-corrected chi connectivity index (χ1v) is 5.60. The quantitative estimate of drug-likeness (QED) is 0.769. The molecule has 0 fully saturated rings. The second kappa shape index (κ2) is 4.97. The van der Waals surface area contributed by atoms with Gasteiger partial charge in [0.25, 0.3) is 0 Å². The third kappa shape index (κ3) is 2.49. The molecule has 0 saturated heterocycles. The lowest BCUT2D eigenvalue weighted by Crippen LogP contribution is -2.05. The summed E-state index contributed by atoms with van der Waals surface area (Å²) in [7, 11) is 0. The Morgan fingerprint density at radius 2 is 2.05 bits per heavy atom. The maximum absolute atomic E-state index is 13.7. The standard InChI is InChI=1S/C12H13FN4O2/c13-8-3-1-2-4-9(8)17-12(15)7(11(14)16-17)5-6-10(18)19/h1-4H,5-6,15H2,(H2,14,16)(H,18,19). The molecule has 0 saturated carbocycles. The Labute approximate surface area is 108 Å². The molecule has 0 aliphatic heterocycles. The number of carboxylic acids is 1. The van der Waals surface area contributed by atoms with Crippen LogP contribution < -0.4 is 11.5 Å². The number of benzene rings is 1. The number of aromatic nitrogens is 2. The van der Waals surface area contributed by atoms with Crippen molar-refractivity contribution in [3.63, 3.8) is 0 Å². The smallest absolute Gasteiger partial charge is 0.303 e. The van der Waals surface area contributed by atoms with Crippen LogP contribution in [0.2, 0.25) is 0 Å². The summed E-state index contributed by atoms with van der Waals surface area (Å²) in [6.45, 7) is 0. The summed E-state index contributed by atoms with van der Waals surface area (Å²) in [5.41, 5.74) is 12.1. The number of nitrogen functional groups attached to an aromatic ring is 2. The molecule has 0 atom stereocenters. The van der Waals surface area contributed by atoms with Gasteiger partial charge in [-0.2, -0.15) is 0 Å². The van der Waals surface area contributed by atoms with E-state index in [1.54, 1.807) is 12.1 Å². The SMILES string of the molecule is Nc1nn(-c2ccccc2F)c(N)c1CCC(=O)O. The van der Waals surface area contributed by atoms with Crippen molar-refractivity contribution in [2.75, 3.05) is 11.5 Å². The molecule has 1 heterocycles. The Hall–Kier alpha value is -2.57. The maximum Gasteiger partial charge on any atom is 0.303 e. The molecule has 0 aliphatic carbocycles. The molecule has 19 heavy (non-hydrogen) atoms. The first kappa shape index (κ1) is 12.9. The molecule has 7 heteroatoms. The number of hydrogen-bond acceptors (Lipinski definition) is 4. The van der Waals surface area contributed by atoms with Crippen LogP contribution in [0, 0.1) is 5.82 Å². The minimum atomic E-state index is -0.961. The van der Waals surface area contributed by atoms with E-state index in [2.05, 4.69) is 5.10 Å². The Balaban J connectivity index is 2.41. The first-order valence-electron chi connectivity index (χ1n) is 5.60. The number of nitrogens with zero attached hydrogens (tertiary/aromatic N) is 2. The number of nitrogens with two attached hydrogens (primary N) is 2. The molecule has 0 aliphatic rings. The fraction of sp³-hybridized carbons (Fsp3) is 0.167. The summed E-state index contributed by atoms with van der Waals surface area (Å²) in [6, 6.07) is 5.99. The molecule has 0 unspecified atom stereocenters. The number of anilines is 2. The summed E-state index contributed by atoms with van der Waals surface area (Å²) in [5, 5.41) is 12.6. The van der Waals surface area contributed by atoms with Crippen molar-refractivity contribution in [2.45, 2.75) is 12.8 Å². The van der Waals surface area contributed by atoms with Crippen LogP contribution in [0.15, 0.2) is 24.3 Å². The summed E-state index contributed by atoms with van der Waals surface area (Å²) in [6.07, 6.45) is 0.0405. The molecular formula is C12H13FN4O2. The molecule has 100 valence electrons. The van der Waals surface area contributed by atoms with Gasteiger partial charge in [0.2, 0.25) is 0 Å². The van der Waals surface area contributed by atoms with E-state index in [0.29, 0.717) is 5.56 Å². The average Bonchev–Trinajstić information content (AvgIpc) is 2.63. The van der Waals surface area contributed by atoms with Crippen LogP contribution in [0.25, 0.3) is 5.69 Å². The molecule has 1 aromatic heterocycles. The van der Waals surface area contributed by atoms with E-state index >= 15 is 0 Å². The lowest BCUT2D eigenvalue weighted by Gasteiger charge is -2.05. The second-order valence-corrected chi connectivity index (χ2v) is 4.01. The summed E-state index contributed by atoms with van der Waals surface area (Å²) in [4.78, 5) is 10.6. The fourth-order valence-corrected chi connectivity index (χ4v) is 1.78. The third-order valence-electron chi connectivity index (χ3n) is 2.72. The van der Waals surface area contributed by atoms with Gasteiger partial charge in [0.15, 0.2) is 5.82 Å². The van der Waals surface area contributed by atoms with Gasteiger partial charge in [0.1, 0.15) is 17.3 Å². The highest BCUT2D eigenvalue weighted by Gasteiger charge is 2.17. The number of para-hydroxylation sites is 1. The first-order chi connectivity index (χ1) is 9.00. The molecular weight excluding hydrogens is 251 g/mol. The zero-order valence-corrected chi connectivity index (χ0v) is 10.0. The Kier molecular flexibility index (Phi) is 3.37. The lowest BCUT2D eigenvalue weighted by molar-refractivity contribution is -0.136. The molecule has 0 bridgehead atoms. The Bertz CT molecular complexity index is 624. The highest BCUT2D eigenvalue weighted by Crippen LogP contribution is 2.25. The van der Waals surface area contributed by atoms with Gasteiger partial charge in [-0.15, -0.1) is 5.10 Å². The van der Waals surface area contributed by atoms with Crippen LogP contribution in [0.4, 0.5) is 16.0 Å². The van der Waals surface area contributed by atoms with Crippen molar-refractivity contribution < 1.29 is 14.3 Å². The van der Waals surface area contributed by atoms with Crippen molar-refractivity contribution in [1.82, 2.24) is 9.78 Å². The molecule has 2 rings (SSSR count). The zero-order chi connectivity index (χ0) is 14.0. The number of aliphatic carboxylic acids is 1. The van der Waals surface area contributed by atoms with Crippen molar-refractivity contribution in [3.8, 4) is 5.69 Å². The molecule has 2 aromatic rings. The summed E-state index contributed by atoms with van der Waals surface area (Å²) >= 11 is 0. The third-order valence-corrected chi connectivity index (χ3v) is 2.72. The van der Waals surface area contributed by atoms with Crippen LogP contribution in [-0.2, 0) is 11.2 Å². The highest BCUT2D eigenvalue weighted by molar-refractivity contribution is 5.68. The summed E-state index contributed by atoms with van der Waals surface area (Å²) < 4.78 is 14.8. The van der Waals surface area contributed by atoms with E-state index < -0.39 is 11.8 Å². The number of rotatable bonds is 4. The van der Waals surface area contributed by atoms with Gasteiger partial charge >= 0.3 is 5.97 Å². The number of carboxylic acid groups (broad SMARTS) is 1. The lowest BCUT2D eigenvalue weighted by atomic mass is 10.1. The van der Waals surface area contributed by atoms with E-state index in [1.165, 1.54) is 16.8 Å². The number of carbonyl (C=O) groups is 1. The van der Waals surface area contributed by atoms with Gasteiger partial charge in [0, 0.05) is 12.0 Å². The van der Waals surface area contributed by atoms with Crippen LogP contribution in [0.5, 0.6) is 0 Å². The molecule has 1 aromatic carbocycles. The molecule has 5 N–H and O–H groups in total. The van der Waals surface area contributed by atoms with Gasteiger partial charge in [0.05, 0.1) is 0 Å².